The van der Waals surface area contributed by atoms with Crippen molar-refractivity contribution in [2.75, 3.05) is 34.4 Å². The van der Waals surface area contributed by atoms with E-state index in [1.807, 2.05) is 14.1 Å². The minimum atomic E-state index is -0.842. The van der Waals surface area contributed by atoms with Gasteiger partial charge in [0.2, 0.25) is 5.88 Å². The molecule has 0 aliphatic carbocycles. The highest BCUT2D eigenvalue weighted by molar-refractivity contribution is 5.88. The molecule has 5 rings (SSSR count). The van der Waals surface area contributed by atoms with Gasteiger partial charge in [0.1, 0.15) is 11.3 Å². The van der Waals surface area contributed by atoms with Gasteiger partial charge in [-0.15, -0.1) is 0 Å². The third-order valence-electron chi connectivity index (χ3n) is 6.61. The number of hydrogen-bond acceptors (Lipinski definition) is 9. The van der Waals surface area contributed by atoms with Crippen LogP contribution in [0.15, 0.2) is 87.5 Å². The van der Waals surface area contributed by atoms with Gasteiger partial charge in [0.15, 0.2) is 23.1 Å². The van der Waals surface area contributed by atoms with E-state index >= 15 is 4.39 Å². The van der Waals surface area contributed by atoms with Crippen LogP contribution in [0.4, 0.5) is 10.1 Å². The average Bonchev–Trinajstić information content (AvgIpc) is 3.00. The van der Waals surface area contributed by atoms with Crippen LogP contribution in [-0.4, -0.2) is 65.1 Å². The first-order chi connectivity index (χ1) is 21.2. The SMILES string of the molecule is COc1cc2c(Oc3ccc(N=Cc4c(O)n(-c5ccccc5)c(=O)[nH]c4=O)cc3F)ccnc2cc1OCCCN(C)C. The largest absolute Gasteiger partial charge is 0.493 e. The van der Waals surface area contributed by atoms with Gasteiger partial charge in [-0.1, -0.05) is 18.2 Å². The van der Waals surface area contributed by atoms with Crippen LogP contribution in [0.3, 0.4) is 0 Å². The first kappa shape index (κ1) is 30.0. The molecule has 0 saturated carbocycles. The van der Waals surface area contributed by atoms with Crippen LogP contribution in [0.1, 0.15) is 12.0 Å². The number of H-pyrrole nitrogens is 1. The second-order valence-electron chi connectivity index (χ2n) is 9.98. The summed E-state index contributed by atoms with van der Waals surface area (Å²) in [5, 5.41) is 11.3. The molecule has 44 heavy (non-hydrogen) atoms. The lowest BCUT2D eigenvalue weighted by molar-refractivity contribution is 0.268. The van der Waals surface area contributed by atoms with Crippen molar-refractivity contribution < 1.29 is 23.7 Å². The summed E-state index contributed by atoms with van der Waals surface area (Å²) in [6, 6.07) is 17.4. The summed E-state index contributed by atoms with van der Waals surface area (Å²) < 4.78 is 33.5. The molecular weight excluding hydrogens is 569 g/mol. The van der Waals surface area contributed by atoms with Crippen molar-refractivity contribution in [3.63, 3.8) is 0 Å². The molecule has 0 radical (unpaired) electrons. The summed E-state index contributed by atoms with van der Waals surface area (Å²) in [7, 11) is 5.53. The number of fused-ring (bicyclic) bond motifs is 1. The van der Waals surface area contributed by atoms with Gasteiger partial charge in [-0.05, 0) is 56.9 Å². The number of benzene rings is 3. The van der Waals surface area contributed by atoms with Crippen LogP contribution >= 0.6 is 0 Å². The monoisotopic (exact) mass is 599 g/mol. The Balaban J connectivity index is 1.38. The topological polar surface area (TPSA) is 131 Å². The molecule has 2 aromatic heterocycles. The molecule has 0 aliphatic rings. The Hall–Kier alpha value is -5.49. The zero-order chi connectivity index (χ0) is 31.2. The summed E-state index contributed by atoms with van der Waals surface area (Å²) >= 11 is 0. The first-order valence-electron chi connectivity index (χ1n) is 13.6. The number of hydrogen-bond donors (Lipinski definition) is 2. The predicted octanol–water partition coefficient (Wildman–Crippen LogP) is 4.80. The molecule has 0 fully saturated rings. The van der Waals surface area contributed by atoms with Crippen LogP contribution in [0.5, 0.6) is 28.9 Å². The summed E-state index contributed by atoms with van der Waals surface area (Å²) in [6.45, 7) is 1.38. The molecule has 0 unspecified atom stereocenters. The minimum absolute atomic E-state index is 0.0715. The number of nitrogens with zero attached hydrogens (tertiary/aromatic N) is 4. The fraction of sp³-hybridized carbons (Fsp3) is 0.188. The van der Waals surface area contributed by atoms with E-state index in [-0.39, 0.29) is 17.0 Å². The zero-order valence-electron chi connectivity index (χ0n) is 24.3. The summed E-state index contributed by atoms with van der Waals surface area (Å²) in [5.41, 5.74) is -0.858. The number of rotatable bonds is 11. The third-order valence-corrected chi connectivity index (χ3v) is 6.61. The maximum atomic E-state index is 15.2. The van der Waals surface area contributed by atoms with E-state index in [9.17, 15) is 14.7 Å². The molecule has 12 heteroatoms. The highest BCUT2D eigenvalue weighted by atomic mass is 19.1. The number of methoxy groups -OCH3 is 1. The fourth-order valence-electron chi connectivity index (χ4n) is 4.43. The maximum absolute atomic E-state index is 15.2. The molecule has 0 aliphatic heterocycles. The lowest BCUT2D eigenvalue weighted by atomic mass is 10.1. The molecule has 226 valence electrons. The third kappa shape index (κ3) is 6.60. The molecule has 11 nitrogen and oxygen atoms in total. The Morgan fingerprint density at radius 3 is 2.55 bits per heavy atom. The number of ether oxygens (including phenoxy) is 3. The molecule has 0 saturated heterocycles. The van der Waals surface area contributed by atoms with Gasteiger partial charge in [0.05, 0.1) is 30.6 Å². The number of nitrogens with one attached hydrogen (secondary N) is 1. The van der Waals surface area contributed by atoms with Crippen LogP contribution < -0.4 is 25.5 Å². The Kier molecular flexibility index (Phi) is 9.01. The first-order valence-corrected chi connectivity index (χ1v) is 13.6. The highest BCUT2D eigenvalue weighted by Gasteiger charge is 2.16. The number of halogens is 1. The van der Waals surface area contributed by atoms with Crippen molar-refractivity contribution in [2.24, 2.45) is 4.99 Å². The van der Waals surface area contributed by atoms with Crippen molar-refractivity contribution >= 4 is 22.8 Å². The van der Waals surface area contributed by atoms with Crippen molar-refractivity contribution in [3.8, 4) is 34.6 Å². The van der Waals surface area contributed by atoms with Crippen LogP contribution in [0.25, 0.3) is 16.6 Å². The van der Waals surface area contributed by atoms with Crippen LogP contribution in [0, 0.1) is 5.82 Å². The van der Waals surface area contributed by atoms with Crippen molar-refractivity contribution in [3.05, 3.63) is 105 Å². The van der Waals surface area contributed by atoms with Gasteiger partial charge in [-0.3, -0.25) is 19.8 Å². The lowest BCUT2D eigenvalue weighted by Gasteiger charge is -2.15. The lowest BCUT2D eigenvalue weighted by Crippen LogP contribution is -2.31. The zero-order valence-corrected chi connectivity index (χ0v) is 24.3. The second kappa shape index (κ2) is 13.2. The molecular formula is C32H30FN5O6. The Bertz CT molecular complexity index is 1940. The van der Waals surface area contributed by atoms with Gasteiger partial charge >= 0.3 is 5.69 Å². The highest BCUT2D eigenvalue weighted by Crippen LogP contribution is 2.38. The molecule has 0 atom stereocenters. The number of aromatic hydroxyl groups is 1. The van der Waals surface area contributed by atoms with Gasteiger partial charge in [-0.2, -0.15) is 0 Å². The van der Waals surface area contributed by atoms with E-state index in [4.69, 9.17) is 14.2 Å². The number of pyridine rings is 1. The molecule has 5 aromatic rings. The number of aromatic nitrogens is 3. The second-order valence-corrected chi connectivity index (χ2v) is 9.98. The van der Waals surface area contributed by atoms with Gasteiger partial charge in [0.25, 0.3) is 5.56 Å². The molecule has 2 N–H and O–H groups in total. The van der Waals surface area contributed by atoms with E-state index in [2.05, 4.69) is 19.9 Å². The maximum Gasteiger partial charge on any atom is 0.335 e. The standard InChI is InChI=1S/C32H30FN5O6/c1-37(2)14-7-15-43-29-18-25-22(17-28(29)42-3)26(12-13-34-25)44-27-11-10-20(16-24(27)33)35-19-23-30(39)36-32(41)38(31(23)40)21-8-5-4-6-9-21/h4-6,8-13,16-19,40H,7,14-15H2,1-3H3,(H,36,39,41). The smallest absolute Gasteiger partial charge is 0.335 e. The Labute approximate surface area is 251 Å². The quantitative estimate of drug-likeness (QED) is 0.164. The molecule has 3 aromatic carbocycles. The predicted molar refractivity (Wildman–Crippen MR) is 165 cm³/mol. The van der Waals surface area contributed by atoms with E-state index in [0.717, 1.165) is 29.8 Å². The van der Waals surface area contributed by atoms with Gasteiger partial charge < -0.3 is 24.2 Å². The number of para-hydroxylation sites is 1. The fourth-order valence-corrected chi connectivity index (χ4v) is 4.43. The van der Waals surface area contributed by atoms with E-state index in [1.54, 1.807) is 54.7 Å². The van der Waals surface area contributed by atoms with E-state index in [1.165, 1.54) is 19.2 Å². The summed E-state index contributed by atoms with van der Waals surface area (Å²) in [6.07, 6.45) is 3.45. The van der Waals surface area contributed by atoms with Crippen molar-refractivity contribution in [1.29, 1.82) is 0 Å². The summed E-state index contributed by atoms with van der Waals surface area (Å²) in [5.74, 6) is -0.0101. The average molecular weight is 600 g/mol. The van der Waals surface area contributed by atoms with Crippen LogP contribution in [-0.2, 0) is 0 Å². The molecule has 0 amide bonds. The minimum Gasteiger partial charge on any atom is -0.493 e. The molecule has 0 bridgehead atoms. The Morgan fingerprint density at radius 2 is 1.82 bits per heavy atom. The van der Waals surface area contributed by atoms with Crippen molar-refractivity contribution in [2.45, 2.75) is 6.42 Å². The van der Waals surface area contributed by atoms with Crippen molar-refractivity contribution in [1.82, 2.24) is 19.4 Å². The number of aromatic amines is 1. The summed E-state index contributed by atoms with van der Waals surface area (Å²) in [4.78, 5) is 37.5. The Morgan fingerprint density at radius 1 is 1.02 bits per heavy atom. The van der Waals surface area contributed by atoms with Gasteiger partial charge in [0, 0.05) is 36.5 Å². The molecule has 2 heterocycles. The van der Waals surface area contributed by atoms with Crippen LogP contribution in [0.2, 0.25) is 0 Å². The van der Waals surface area contributed by atoms with E-state index < -0.39 is 22.9 Å². The normalized spacial score (nSPS) is 11.4. The van der Waals surface area contributed by atoms with Gasteiger partial charge in [-0.25, -0.2) is 13.8 Å². The molecule has 0 spiro atoms. The van der Waals surface area contributed by atoms with E-state index in [0.29, 0.717) is 40.4 Å². The number of aliphatic imine (C=N–C) groups is 1.